The van der Waals surface area contributed by atoms with Gasteiger partial charge in [-0.15, -0.1) is 0 Å². The molecular weight excluding hydrogens is 458 g/mol. The Kier molecular flexibility index (Phi) is 9.03. The van der Waals surface area contributed by atoms with Crippen molar-refractivity contribution < 1.29 is 33.5 Å². The van der Waals surface area contributed by atoms with E-state index >= 15 is 0 Å². The van der Waals surface area contributed by atoms with Gasteiger partial charge in [0.15, 0.2) is 0 Å². The number of fused-ring (bicyclic) bond motifs is 3. The summed E-state index contributed by atoms with van der Waals surface area (Å²) >= 11 is 0. The van der Waals surface area contributed by atoms with Crippen molar-refractivity contribution in [2.24, 2.45) is 5.92 Å². The highest BCUT2D eigenvalue weighted by Gasteiger charge is 2.34. The minimum atomic E-state index is -0.562. The summed E-state index contributed by atoms with van der Waals surface area (Å²) in [6.45, 7) is 2.53. The van der Waals surface area contributed by atoms with Crippen LogP contribution in [0.15, 0.2) is 18.2 Å². The molecule has 5 atom stereocenters. The van der Waals surface area contributed by atoms with Crippen LogP contribution in [0.3, 0.4) is 0 Å². The molecule has 1 saturated heterocycles. The molecule has 1 aromatic carbocycles. The van der Waals surface area contributed by atoms with E-state index in [0.29, 0.717) is 13.0 Å². The zero-order valence-corrected chi connectivity index (χ0v) is 21.0. The summed E-state index contributed by atoms with van der Waals surface area (Å²) < 4.78 is 23.4. The smallest absolute Gasteiger partial charge is 0.270 e. The predicted octanol–water partition coefficient (Wildman–Crippen LogP) is 2.12. The van der Waals surface area contributed by atoms with Gasteiger partial charge in [0.05, 0.1) is 34.7 Å². The van der Waals surface area contributed by atoms with Crippen molar-refractivity contribution in [3.05, 3.63) is 33.9 Å². The van der Waals surface area contributed by atoms with Gasteiger partial charge in [0.1, 0.15) is 18.5 Å². The zero-order valence-electron chi connectivity index (χ0n) is 21.0. The lowest BCUT2D eigenvalue weighted by atomic mass is 9.98. The van der Waals surface area contributed by atoms with Crippen LogP contribution in [0.4, 0.5) is 5.69 Å². The molecule has 0 saturated carbocycles. The van der Waals surface area contributed by atoms with E-state index in [1.807, 2.05) is 0 Å². The number of methoxy groups -OCH3 is 2. The van der Waals surface area contributed by atoms with Crippen molar-refractivity contribution in [3.63, 3.8) is 0 Å². The number of nitro groups is 1. The average Bonchev–Trinajstić information content (AvgIpc) is 2.86. The Morgan fingerprint density at radius 1 is 1.06 bits per heavy atom. The molecule has 0 spiro atoms. The predicted molar refractivity (Wildman–Crippen MR) is 126 cm³/mol. The molecule has 2 aliphatic heterocycles. The van der Waals surface area contributed by atoms with Crippen LogP contribution in [-0.4, -0.2) is 99.0 Å². The third-order valence-electron chi connectivity index (χ3n) is 6.88. The molecule has 1 fully saturated rings. The van der Waals surface area contributed by atoms with E-state index < -0.39 is 22.9 Å². The number of nitrogens with zero attached hydrogens (tertiary/aromatic N) is 3. The average molecular weight is 494 g/mol. The lowest BCUT2D eigenvalue weighted by molar-refractivity contribution is -0.384. The highest BCUT2D eigenvalue weighted by atomic mass is 16.6. The monoisotopic (exact) mass is 493 g/mol. The number of nitro benzene ring substituents is 1. The molecule has 194 valence electrons. The highest BCUT2D eigenvalue weighted by Crippen LogP contribution is 2.29. The summed E-state index contributed by atoms with van der Waals surface area (Å²) in [5.74, 6) is -0.854. The standard InChI is InChI=1S/C24H35N3O8/c1-15-21(33-5)13-26(3)24(29)18-12-16(27(30)31)6-8-19(18)34-14-22-20(32-4)9-7-17(35-22)10-11-25(2)23(15)28/h6,8,12,15,17,20-22H,7,9-11,13-14H2,1-5H3/t15-,17+,20-,21+,22-/m0/s1. The Labute approximate surface area is 205 Å². The number of hydrogen-bond acceptors (Lipinski definition) is 8. The van der Waals surface area contributed by atoms with Gasteiger partial charge in [-0.3, -0.25) is 19.7 Å². The first-order chi connectivity index (χ1) is 16.7. The third kappa shape index (κ3) is 6.28. The molecule has 11 nitrogen and oxygen atoms in total. The molecule has 2 bridgehead atoms. The lowest BCUT2D eigenvalue weighted by Crippen LogP contribution is -2.47. The van der Waals surface area contributed by atoms with Crippen LogP contribution >= 0.6 is 0 Å². The maximum absolute atomic E-state index is 13.4. The number of likely N-dealkylation sites (N-methyl/N-ethyl adjacent to an activating group) is 1. The summed E-state index contributed by atoms with van der Waals surface area (Å²) in [6.07, 6.45) is 1.01. The van der Waals surface area contributed by atoms with Gasteiger partial charge in [-0.25, -0.2) is 0 Å². The van der Waals surface area contributed by atoms with E-state index in [4.69, 9.17) is 18.9 Å². The summed E-state index contributed by atoms with van der Waals surface area (Å²) in [6, 6.07) is 3.94. The highest BCUT2D eigenvalue weighted by molar-refractivity contribution is 5.97. The van der Waals surface area contributed by atoms with Gasteiger partial charge < -0.3 is 28.7 Å². The van der Waals surface area contributed by atoms with Crippen LogP contribution in [0.5, 0.6) is 5.75 Å². The molecule has 1 aromatic rings. The number of hydrogen-bond donors (Lipinski definition) is 0. The molecule has 2 amide bonds. The van der Waals surface area contributed by atoms with Gasteiger partial charge in [0.25, 0.3) is 11.6 Å². The maximum Gasteiger partial charge on any atom is 0.270 e. The van der Waals surface area contributed by atoms with Gasteiger partial charge >= 0.3 is 0 Å². The second kappa shape index (κ2) is 11.8. The first-order valence-corrected chi connectivity index (χ1v) is 11.8. The number of carbonyl (C=O) groups excluding carboxylic acids is 2. The number of benzene rings is 1. The Hall–Kier alpha value is -2.76. The van der Waals surface area contributed by atoms with Crippen molar-refractivity contribution in [3.8, 4) is 5.75 Å². The van der Waals surface area contributed by atoms with E-state index in [1.54, 1.807) is 33.0 Å². The van der Waals surface area contributed by atoms with Crippen LogP contribution in [0.2, 0.25) is 0 Å². The number of amides is 2. The van der Waals surface area contributed by atoms with Crippen LogP contribution in [0.25, 0.3) is 0 Å². The molecule has 3 rings (SSSR count). The minimum Gasteiger partial charge on any atom is -0.490 e. The van der Waals surface area contributed by atoms with Crippen LogP contribution < -0.4 is 4.74 Å². The van der Waals surface area contributed by atoms with Crippen molar-refractivity contribution in [1.29, 1.82) is 0 Å². The second-order valence-corrected chi connectivity index (χ2v) is 9.19. The number of ether oxygens (including phenoxy) is 4. The normalized spacial score (nSPS) is 28.9. The Bertz CT molecular complexity index is 926. The van der Waals surface area contributed by atoms with Crippen molar-refractivity contribution in [1.82, 2.24) is 9.80 Å². The maximum atomic E-state index is 13.4. The van der Waals surface area contributed by atoms with E-state index in [9.17, 15) is 19.7 Å². The van der Waals surface area contributed by atoms with E-state index in [-0.39, 0.29) is 54.4 Å². The number of rotatable bonds is 3. The SMILES string of the molecule is CO[C@H]1CC[C@@H]2CCN(C)C(=O)[C@@H](C)[C@H](OC)CN(C)C(=O)c3cc([N+](=O)[O-])ccc3OC[C@@H]1O2. The summed E-state index contributed by atoms with van der Waals surface area (Å²) in [5.41, 5.74) is -0.165. The largest absolute Gasteiger partial charge is 0.490 e. The molecule has 35 heavy (non-hydrogen) atoms. The minimum absolute atomic E-state index is 0.0565. The van der Waals surface area contributed by atoms with E-state index in [1.165, 1.54) is 30.2 Å². The molecule has 2 aliphatic rings. The Morgan fingerprint density at radius 2 is 1.77 bits per heavy atom. The Balaban J connectivity index is 1.98. The molecule has 0 aliphatic carbocycles. The fourth-order valence-electron chi connectivity index (χ4n) is 4.61. The molecule has 0 unspecified atom stereocenters. The van der Waals surface area contributed by atoms with Gasteiger partial charge in [-0.2, -0.15) is 0 Å². The second-order valence-electron chi connectivity index (χ2n) is 9.19. The quantitative estimate of drug-likeness (QED) is 0.464. The van der Waals surface area contributed by atoms with Gasteiger partial charge in [-0.1, -0.05) is 6.92 Å². The van der Waals surface area contributed by atoms with Crippen molar-refractivity contribution >= 4 is 17.5 Å². The summed E-state index contributed by atoms with van der Waals surface area (Å²) in [7, 11) is 6.43. The number of carbonyl (C=O) groups is 2. The fourth-order valence-corrected chi connectivity index (χ4v) is 4.61. The molecule has 2 heterocycles. The Morgan fingerprint density at radius 3 is 2.43 bits per heavy atom. The van der Waals surface area contributed by atoms with Crippen LogP contribution in [0, 0.1) is 16.0 Å². The summed E-state index contributed by atoms with van der Waals surface area (Å²) in [5, 5.41) is 11.4. The molecule has 11 heteroatoms. The van der Waals surface area contributed by atoms with E-state index in [2.05, 4.69) is 0 Å². The van der Waals surface area contributed by atoms with Crippen LogP contribution in [0.1, 0.15) is 36.5 Å². The fraction of sp³-hybridized carbons (Fsp3) is 0.667. The third-order valence-corrected chi connectivity index (χ3v) is 6.88. The molecule has 0 aromatic heterocycles. The first kappa shape index (κ1) is 26.8. The van der Waals surface area contributed by atoms with Gasteiger partial charge in [0.2, 0.25) is 5.91 Å². The first-order valence-electron chi connectivity index (χ1n) is 11.8. The summed E-state index contributed by atoms with van der Waals surface area (Å²) in [4.78, 5) is 40.3. The topological polar surface area (TPSA) is 121 Å². The van der Waals surface area contributed by atoms with Gasteiger partial charge in [0, 0.05) is 53.5 Å². The zero-order chi connectivity index (χ0) is 25.7. The molecular formula is C24H35N3O8. The van der Waals surface area contributed by atoms with Crippen molar-refractivity contribution in [2.75, 3.05) is 48.0 Å². The van der Waals surface area contributed by atoms with E-state index in [0.717, 1.165) is 12.8 Å². The van der Waals surface area contributed by atoms with Crippen LogP contribution in [-0.2, 0) is 19.0 Å². The molecule has 0 radical (unpaired) electrons. The molecule has 0 N–H and O–H groups in total. The van der Waals surface area contributed by atoms with Gasteiger partial charge in [-0.05, 0) is 25.3 Å². The van der Waals surface area contributed by atoms with Crippen molar-refractivity contribution in [2.45, 2.75) is 50.6 Å². The number of non-ortho nitro benzene ring substituents is 1. The lowest BCUT2D eigenvalue weighted by Gasteiger charge is -2.37.